The normalized spacial score (nSPS) is 18.4. The van der Waals surface area contributed by atoms with Gasteiger partial charge in [0, 0.05) is 6.42 Å². The third kappa shape index (κ3) is 50.8. The highest BCUT2D eigenvalue weighted by Gasteiger charge is 2.44. The van der Waals surface area contributed by atoms with Gasteiger partial charge in [0.2, 0.25) is 5.91 Å². The van der Waals surface area contributed by atoms with E-state index < -0.39 is 49.5 Å². The maximum absolute atomic E-state index is 13.1. The van der Waals surface area contributed by atoms with Gasteiger partial charge in [0.1, 0.15) is 24.4 Å². The quantitative estimate of drug-likeness (QED) is 0.0261. The lowest BCUT2D eigenvalue weighted by molar-refractivity contribution is -0.302. The highest BCUT2D eigenvalue weighted by atomic mass is 16.7. The van der Waals surface area contributed by atoms with Crippen molar-refractivity contribution < 1.29 is 39.8 Å². The number of nitrogens with one attached hydrogen (secondary N) is 1. The Hall–Kier alpha value is -1.33. The summed E-state index contributed by atoms with van der Waals surface area (Å²) >= 11 is 0. The van der Waals surface area contributed by atoms with Crippen molar-refractivity contribution in [1.82, 2.24) is 5.32 Å². The third-order valence-corrected chi connectivity index (χ3v) is 17.8. The smallest absolute Gasteiger partial charge is 0.220 e. The fraction of sp³-hybridized carbons (Fsp3) is 0.932. The Morgan fingerprint density at radius 1 is 0.402 bits per heavy atom. The average molecular weight is 1160 g/mol. The molecule has 7 unspecified atom stereocenters. The molecule has 486 valence electrons. The van der Waals surface area contributed by atoms with E-state index in [9.17, 15) is 30.3 Å². The highest BCUT2D eigenvalue weighted by molar-refractivity contribution is 5.76. The molecule has 1 fully saturated rings. The van der Waals surface area contributed by atoms with Crippen molar-refractivity contribution in [2.24, 2.45) is 0 Å². The number of hydrogen-bond donors (Lipinski definition) is 6. The lowest BCUT2D eigenvalue weighted by Gasteiger charge is -2.40. The van der Waals surface area contributed by atoms with Gasteiger partial charge >= 0.3 is 0 Å². The summed E-state index contributed by atoms with van der Waals surface area (Å²) in [5, 5.41) is 54.8. The molecule has 1 aliphatic rings. The van der Waals surface area contributed by atoms with Crippen LogP contribution in [0.3, 0.4) is 0 Å². The van der Waals surface area contributed by atoms with Crippen LogP contribution in [0.2, 0.25) is 0 Å². The molecule has 1 amide bonds. The SMILES string of the molecule is CCCCCCCCCCCCCCCCCC/C=C\CCCCCCCCCCCCCCCCCCCC(=O)NC(COC1OC(CO)C(O)C(O)C1O)C(O)/C=C/CCCCCCCCCCCCCCCCCCCCCC. The van der Waals surface area contributed by atoms with Crippen molar-refractivity contribution in [3.8, 4) is 0 Å². The number of ether oxygens (including phenoxy) is 2. The number of carbonyl (C=O) groups excluding carboxylic acids is 1. The third-order valence-electron chi connectivity index (χ3n) is 17.8. The van der Waals surface area contributed by atoms with Crippen LogP contribution in [0.5, 0.6) is 0 Å². The molecule has 1 rings (SSSR count). The molecule has 9 heteroatoms. The molecule has 6 N–H and O–H groups in total. The van der Waals surface area contributed by atoms with Crippen LogP contribution >= 0.6 is 0 Å². The first-order valence-corrected chi connectivity index (χ1v) is 36.6. The van der Waals surface area contributed by atoms with E-state index in [0.717, 1.165) is 38.5 Å². The van der Waals surface area contributed by atoms with E-state index in [-0.39, 0.29) is 12.5 Å². The molecule has 7 atom stereocenters. The Kier molecular flexibility index (Phi) is 60.2. The van der Waals surface area contributed by atoms with Crippen LogP contribution in [0.25, 0.3) is 0 Å². The van der Waals surface area contributed by atoms with Crippen molar-refractivity contribution in [1.29, 1.82) is 0 Å². The van der Waals surface area contributed by atoms with Crippen LogP contribution in [0.1, 0.15) is 380 Å². The van der Waals surface area contributed by atoms with Crippen LogP contribution in [0.4, 0.5) is 0 Å². The minimum absolute atomic E-state index is 0.169. The number of allylic oxidation sites excluding steroid dienone is 3. The zero-order valence-electron chi connectivity index (χ0n) is 54.5. The van der Waals surface area contributed by atoms with Gasteiger partial charge in [-0.25, -0.2) is 0 Å². The standard InChI is InChI=1S/C73H141NO8/c1-3-5-7-9-11-13-15-17-19-21-23-25-27-28-29-30-31-32-33-34-35-36-37-38-39-40-41-43-45-47-49-51-53-55-57-59-61-63-69(77)74-66(65-81-73-72(80)71(79)70(78)68(64-75)82-73)67(76)62-60-58-56-54-52-50-48-46-44-42-26-24-22-20-18-16-14-12-10-8-6-4-2/h32-33,60,62,66-68,70-73,75-76,78-80H,3-31,34-59,61,63-65H2,1-2H3,(H,74,77)/b33-32-,62-60+. The van der Waals surface area contributed by atoms with Gasteiger partial charge < -0.3 is 40.3 Å². The zero-order valence-corrected chi connectivity index (χ0v) is 54.5. The molecule has 1 aliphatic heterocycles. The fourth-order valence-corrected chi connectivity index (χ4v) is 12.0. The van der Waals surface area contributed by atoms with Crippen LogP contribution in [-0.4, -0.2) is 87.5 Å². The Bertz CT molecular complexity index is 1340. The predicted molar refractivity (Wildman–Crippen MR) is 350 cm³/mol. The molecule has 82 heavy (non-hydrogen) atoms. The maximum atomic E-state index is 13.1. The monoisotopic (exact) mass is 1160 g/mol. The van der Waals surface area contributed by atoms with Crippen LogP contribution < -0.4 is 5.32 Å². The number of carbonyl (C=O) groups is 1. The number of unbranched alkanes of at least 4 members (excludes halogenated alkanes) is 53. The van der Waals surface area contributed by atoms with E-state index in [1.165, 1.54) is 321 Å². The molecule has 0 bridgehead atoms. The second-order valence-corrected chi connectivity index (χ2v) is 25.7. The van der Waals surface area contributed by atoms with Gasteiger partial charge in [0.15, 0.2) is 6.29 Å². The first-order chi connectivity index (χ1) is 40.3. The summed E-state index contributed by atoms with van der Waals surface area (Å²) in [5.74, 6) is -0.169. The van der Waals surface area contributed by atoms with E-state index in [2.05, 4.69) is 31.3 Å². The molecule has 0 aliphatic carbocycles. The second-order valence-electron chi connectivity index (χ2n) is 25.7. The molecule has 0 aromatic heterocycles. The molecule has 0 radical (unpaired) electrons. The first kappa shape index (κ1) is 78.7. The van der Waals surface area contributed by atoms with Crippen LogP contribution in [0, 0.1) is 0 Å². The lowest BCUT2D eigenvalue weighted by atomic mass is 9.99. The molecule has 0 saturated carbocycles. The Labute approximate surface area is 509 Å². The average Bonchev–Trinajstić information content (AvgIpc) is 3.59. The van der Waals surface area contributed by atoms with Gasteiger partial charge in [-0.1, -0.05) is 353 Å². The summed E-state index contributed by atoms with van der Waals surface area (Å²) in [7, 11) is 0. The van der Waals surface area contributed by atoms with Crippen molar-refractivity contribution in [2.45, 2.75) is 423 Å². The zero-order chi connectivity index (χ0) is 59.3. The van der Waals surface area contributed by atoms with Crippen molar-refractivity contribution in [2.75, 3.05) is 13.2 Å². The minimum Gasteiger partial charge on any atom is -0.394 e. The summed E-state index contributed by atoms with van der Waals surface area (Å²) in [6, 6.07) is -0.804. The maximum Gasteiger partial charge on any atom is 0.220 e. The van der Waals surface area contributed by atoms with Gasteiger partial charge in [-0.2, -0.15) is 0 Å². The molecule has 0 aromatic carbocycles. The van der Waals surface area contributed by atoms with Crippen molar-refractivity contribution in [3.05, 3.63) is 24.3 Å². The van der Waals surface area contributed by atoms with E-state index in [4.69, 9.17) is 9.47 Å². The number of rotatable bonds is 65. The molecule has 1 saturated heterocycles. The van der Waals surface area contributed by atoms with Crippen LogP contribution in [0.15, 0.2) is 24.3 Å². The molecule has 1 heterocycles. The second kappa shape index (κ2) is 62.7. The number of aliphatic hydroxyl groups excluding tert-OH is 5. The molecular formula is C73H141NO8. The van der Waals surface area contributed by atoms with Crippen LogP contribution in [-0.2, 0) is 14.3 Å². The number of hydrogen-bond acceptors (Lipinski definition) is 8. The molecule has 9 nitrogen and oxygen atoms in total. The summed E-state index contributed by atoms with van der Waals surface area (Å²) < 4.78 is 11.3. The largest absolute Gasteiger partial charge is 0.394 e. The highest BCUT2D eigenvalue weighted by Crippen LogP contribution is 2.24. The van der Waals surface area contributed by atoms with E-state index >= 15 is 0 Å². The van der Waals surface area contributed by atoms with Gasteiger partial charge in [-0.15, -0.1) is 0 Å². The van der Waals surface area contributed by atoms with Crippen molar-refractivity contribution in [3.63, 3.8) is 0 Å². The Balaban J connectivity index is 2.07. The predicted octanol–water partition coefficient (Wildman–Crippen LogP) is 20.0. The summed E-state index contributed by atoms with van der Waals surface area (Å²) in [6.45, 7) is 3.84. The van der Waals surface area contributed by atoms with E-state index in [0.29, 0.717) is 6.42 Å². The van der Waals surface area contributed by atoms with Gasteiger partial charge in [0.05, 0.1) is 25.4 Å². The fourth-order valence-electron chi connectivity index (χ4n) is 12.0. The summed E-state index contributed by atoms with van der Waals surface area (Å²) in [5.41, 5.74) is 0. The molecular weight excluding hydrogens is 1020 g/mol. The number of amides is 1. The summed E-state index contributed by atoms with van der Waals surface area (Å²) in [6.07, 6.45) is 75.9. The summed E-state index contributed by atoms with van der Waals surface area (Å²) in [4.78, 5) is 13.1. The molecule has 0 spiro atoms. The molecule has 0 aromatic rings. The lowest BCUT2D eigenvalue weighted by Crippen LogP contribution is -2.60. The Morgan fingerprint density at radius 3 is 0.988 bits per heavy atom. The van der Waals surface area contributed by atoms with E-state index in [1.807, 2.05) is 6.08 Å². The first-order valence-electron chi connectivity index (χ1n) is 36.6. The van der Waals surface area contributed by atoms with E-state index in [1.54, 1.807) is 6.08 Å². The Morgan fingerprint density at radius 2 is 0.683 bits per heavy atom. The van der Waals surface area contributed by atoms with Gasteiger partial charge in [0.25, 0.3) is 0 Å². The minimum atomic E-state index is -1.57. The van der Waals surface area contributed by atoms with Crippen molar-refractivity contribution >= 4 is 5.91 Å². The topological polar surface area (TPSA) is 149 Å². The van der Waals surface area contributed by atoms with Gasteiger partial charge in [-0.05, 0) is 44.9 Å². The number of aliphatic hydroxyl groups is 5. The van der Waals surface area contributed by atoms with Gasteiger partial charge in [-0.3, -0.25) is 4.79 Å².